The van der Waals surface area contributed by atoms with Gasteiger partial charge in [-0.1, -0.05) is 24.3 Å². The highest BCUT2D eigenvalue weighted by Crippen LogP contribution is 2.33. The number of hydrogen-bond donors (Lipinski definition) is 1. The maximum Gasteiger partial charge on any atom is 0.293 e. The molecule has 0 bridgehead atoms. The van der Waals surface area contributed by atoms with E-state index in [-0.39, 0.29) is 16.9 Å². The SMILES string of the molecule is O=C(Nc1cc(F)cc(F)c1)c1ccc(N2CCc3ccccc3C2)c([N+](=O)[O-])c1. The lowest BCUT2D eigenvalue weighted by atomic mass is 9.99. The second kappa shape index (κ2) is 7.90. The average Bonchev–Trinajstić information content (AvgIpc) is 2.72. The summed E-state index contributed by atoms with van der Waals surface area (Å²) < 4.78 is 26.7. The normalized spacial score (nSPS) is 12.9. The van der Waals surface area contributed by atoms with Gasteiger partial charge in [-0.3, -0.25) is 14.9 Å². The summed E-state index contributed by atoms with van der Waals surface area (Å²) in [6, 6.07) is 14.7. The van der Waals surface area contributed by atoms with Gasteiger partial charge in [-0.2, -0.15) is 0 Å². The summed E-state index contributed by atoms with van der Waals surface area (Å²) in [5.74, 6) is -2.37. The van der Waals surface area contributed by atoms with Gasteiger partial charge in [0.15, 0.2) is 0 Å². The van der Waals surface area contributed by atoms with Crippen molar-refractivity contribution in [3.63, 3.8) is 0 Å². The number of hydrogen-bond acceptors (Lipinski definition) is 4. The standard InChI is InChI=1S/C22H17F2N3O3/c23-17-10-18(24)12-19(11-17)25-22(28)15-5-6-20(21(9-15)27(29)30)26-8-7-14-3-1-2-4-16(14)13-26/h1-6,9-12H,7-8,13H2,(H,25,28). The second-order valence-electron chi connectivity index (χ2n) is 7.01. The fourth-order valence-electron chi connectivity index (χ4n) is 3.61. The van der Waals surface area contributed by atoms with Gasteiger partial charge in [-0.15, -0.1) is 0 Å². The Hall–Kier alpha value is -3.81. The number of anilines is 2. The Kier molecular flexibility index (Phi) is 5.14. The topological polar surface area (TPSA) is 75.5 Å². The molecule has 0 radical (unpaired) electrons. The molecule has 1 amide bonds. The minimum absolute atomic E-state index is 0.0209. The van der Waals surface area contributed by atoms with Crippen LogP contribution in [0.5, 0.6) is 0 Å². The molecule has 6 nitrogen and oxygen atoms in total. The van der Waals surface area contributed by atoms with E-state index in [0.29, 0.717) is 24.8 Å². The fraction of sp³-hybridized carbons (Fsp3) is 0.136. The zero-order chi connectivity index (χ0) is 21.3. The lowest BCUT2D eigenvalue weighted by Gasteiger charge is -2.30. The predicted octanol–water partition coefficient (Wildman–Crippen LogP) is 4.69. The van der Waals surface area contributed by atoms with Crippen molar-refractivity contribution >= 4 is 23.0 Å². The van der Waals surface area contributed by atoms with Gasteiger partial charge in [0, 0.05) is 36.5 Å². The van der Waals surface area contributed by atoms with Crippen molar-refractivity contribution in [2.75, 3.05) is 16.8 Å². The molecule has 1 aliphatic rings. The first-order chi connectivity index (χ1) is 14.4. The van der Waals surface area contributed by atoms with Gasteiger partial charge in [-0.25, -0.2) is 8.78 Å². The molecule has 0 fully saturated rings. The van der Waals surface area contributed by atoms with Crippen LogP contribution in [-0.2, 0) is 13.0 Å². The van der Waals surface area contributed by atoms with Gasteiger partial charge in [0.2, 0.25) is 0 Å². The Morgan fingerprint density at radius 2 is 1.70 bits per heavy atom. The number of nitrogens with zero attached hydrogens (tertiary/aromatic N) is 2. The Bertz CT molecular complexity index is 1130. The first kappa shape index (κ1) is 19.5. The Labute approximate surface area is 170 Å². The minimum atomic E-state index is -0.836. The maximum atomic E-state index is 13.3. The molecule has 1 aliphatic heterocycles. The molecule has 1 heterocycles. The van der Waals surface area contributed by atoms with Gasteiger partial charge >= 0.3 is 0 Å². The molecule has 0 spiro atoms. The molecule has 4 rings (SSSR count). The third-order valence-corrected chi connectivity index (χ3v) is 5.03. The van der Waals surface area contributed by atoms with Crippen molar-refractivity contribution < 1.29 is 18.5 Å². The number of benzene rings is 3. The molecule has 0 saturated carbocycles. The number of nitro benzene ring substituents is 1. The zero-order valence-corrected chi connectivity index (χ0v) is 15.8. The molecule has 1 N–H and O–H groups in total. The van der Waals surface area contributed by atoms with Crippen LogP contribution in [-0.4, -0.2) is 17.4 Å². The molecule has 30 heavy (non-hydrogen) atoms. The van der Waals surface area contributed by atoms with Crippen LogP contribution in [0.1, 0.15) is 21.5 Å². The maximum absolute atomic E-state index is 13.3. The van der Waals surface area contributed by atoms with E-state index in [1.54, 1.807) is 0 Å². The first-order valence-corrected chi connectivity index (χ1v) is 9.28. The smallest absolute Gasteiger partial charge is 0.293 e. The van der Waals surface area contributed by atoms with Crippen LogP contribution in [0.4, 0.5) is 25.8 Å². The highest BCUT2D eigenvalue weighted by atomic mass is 19.1. The summed E-state index contributed by atoms with van der Waals surface area (Å²) >= 11 is 0. The molecular formula is C22H17F2N3O3. The van der Waals surface area contributed by atoms with E-state index >= 15 is 0 Å². The van der Waals surface area contributed by atoms with Gasteiger partial charge in [0.25, 0.3) is 11.6 Å². The molecule has 0 aliphatic carbocycles. The van der Waals surface area contributed by atoms with Crippen LogP contribution in [0.2, 0.25) is 0 Å². The number of rotatable bonds is 4. The molecule has 0 saturated heterocycles. The third-order valence-electron chi connectivity index (χ3n) is 5.03. The number of amides is 1. The molecule has 0 unspecified atom stereocenters. The summed E-state index contributed by atoms with van der Waals surface area (Å²) in [4.78, 5) is 25.5. The Morgan fingerprint density at radius 1 is 1.00 bits per heavy atom. The minimum Gasteiger partial charge on any atom is -0.361 e. The van der Waals surface area contributed by atoms with Crippen LogP contribution in [0.25, 0.3) is 0 Å². The predicted molar refractivity (Wildman–Crippen MR) is 109 cm³/mol. The molecule has 0 aromatic heterocycles. The zero-order valence-electron chi connectivity index (χ0n) is 15.8. The van der Waals surface area contributed by atoms with E-state index in [0.717, 1.165) is 24.1 Å². The number of nitro groups is 1. The summed E-state index contributed by atoms with van der Waals surface area (Å²) in [5.41, 5.74) is 2.49. The number of halogens is 2. The fourth-order valence-corrected chi connectivity index (χ4v) is 3.61. The van der Waals surface area contributed by atoms with Crippen molar-refractivity contribution in [1.29, 1.82) is 0 Å². The summed E-state index contributed by atoms with van der Waals surface area (Å²) in [7, 11) is 0. The average molecular weight is 409 g/mol. The van der Waals surface area contributed by atoms with E-state index in [1.165, 1.54) is 23.8 Å². The number of carbonyl (C=O) groups is 1. The lowest BCUT2D eigenvalue weighted by molar-refractivity contribution is -0.384. The van der Waals surface area contributed by atoms with Crippen LogP contribution in [0.3, 0.4) is 0 Å². The van der Waals surface area contributed by atoms with E-state index in [9.17, 15) is 23.7 Å². The van der Waals surface area contributed by atoms with Gasteiger partial charge in [-0.05, 0) is 41.8 Å². The second-order valence-corrected chi connectivity index (χ2v) is 7.01. The lowest BCUT2D eigenvalue weighted by Crippen LogP contribution is -2.30. The number of carbonyl (C=O) groups excluding carboxylic acids is 1. The molecule has 0 atom stereocenters. The van der Waals surface area contributed by atoms with E-state index < -0.39 is 22.5 Å². The van der Waals surface area contributed by atoms with E-state index in [2.05, 4.69) is 5.32 Å². The Morgan fingerprint density at radius 3 is 2.40 bits per heavy atom. The van der Waals surface area contributed by atoms with Crippen LogP contribution in [0, 0.1) is 21.7 Å². The highest BCUT2D eigenvalue weighted by molar-refractivity contribution is 6.05. The third kappa shape index (κ3) is 3.98. The van der Waals surface area contributed by atoms with Crippen molar-refractivity contribution in [2.45, 2.75) is 13.0 Å². The quantitative estimate of drug-likeness (QED) is 0.501. The largest absolute Gasteiger partial charge is 0.361 e. The molecule has 3 aromatic rings. The summed E-state index contributed by atoms with van der Waals surface area (Å²) in [6.07, 6.45) is 0.765. The molecular weight excluding hydrogens is 392 g/mol. The van der Waals surface area contributed by atoms with Gasteiger partial charge in [0.05, 0.1) is 4.92 Å². The first-order valence-electron chi connectivity index (χ1n) is 9.28. The summed E-state index contributed by atoms with van der Waals surface area (Å²) in [6.45, 7) is 1.15. The highest BCUT2D eigenvalue weighted by Gasteiger charge is 2.25. The van der Waals surface area contributed by atoms with Crippen molar-refractivity contribution in [2.24, 2.45) is 0 Å². The monoisotopic (exact) mass is 409 g/mol. The van der Waals surface area contributed by atoms with Gasteiger partial charge in [0.1, 0.15) is 17.3 Å². The summed E-state index contributed by atoms with van der Waals surface area (Å²) in [5, 5.41) is 14.0. The van der Waals surface area contributed by atoms with Crippen LogP contribution in [0.15, 0.2) is 60.7 Å². The van der Waals surface area contributed by atoms with Crippen LogP contribution >= 0.6 is 0 Å². The van der Waals surface area contributed by atoms with Crippen LogP contribution < -0.4 is 10.2 Å². The van der Waals surface area contributed by atoms with Crippen molar-refractivity contribution in [3.05, 3.63) is 99.1 Å². The number of fused-ring (bicyclic) bond motifs is 1. The van der Waals surface area contributed by atoms with Crippen molar-refractivity contribution in [3.8, 4) is 0 Å². The molecule has 8 heteroatoms. The Balaban J connectivity index is 1.61. The van der Waals surface area contributed by atoms with Gasteiger partial charge < -0.3 is 10.2 Å². The molecule has 3 aromatic carbocycles. The van der Waals surface area contributed by atoms with E-state index in [4.69, 9.17) is 0 Å². The number of nitrogens with one attached hydrogen (secondary N) is 1. The molecule has 152 valence electrons. The van der Waals surface area contributed by atoms with E-state index in [1.807, 2.05) is 29.2 Å². The van der Waals surface area contributed by atoms with Crippen molar-refractivity contribution in [1.82, 2.24) is 0 Å².